The Kier molecular flexibility index (Phi) is 2.27. The number of halogens is 1. The first-order valence-corrected chi connectivity index (χ1v) is 6.05. The van der Waals surface area contributed by atoms with Gasteiger partial charge >= 0.3 is 0 Å². The van der Waals surface area contributed by atoms with Crippen molar-refractivity contribution in [3.63, 3.8) is 0 Å². The number of nitriles is 1. The highest BCUT2D eigenvalue weighted by molar-refractivity contribution is 9.09. The molecule has 3 rings (SSSR count). The van der Waals surface area contributed by atoms with E-state index in [9.17, 15) is 0 Å². The summed E-state index contributed by atoms with van der Waals surface area (Å²) in [4.78, 5) is 14.7. The number of aliphatic imine (C=N–C) groups is 3. The average molecular weight is 288 g/mol. The van der Waals surface area contributed by atoms with Crippen molar-refractivity contribution >= 4 is 33.4 Å². The fraction of sp³-hybridized carbons (Fsp3) is 0.0909. The third-order valence-corrected chi connectivity index (χ3v) is 2.95. The van der Waals surface area contributed by atoms with E-state index in [-0.39, 0.29) is 0 Å². The summed E-state index contributed by atoms with van der Waals surface area (Å²) in [5.41, 5.74) is 0.448. The fourth-order valence-corrected chi connectivity index (χ4v) is 1.98. The molecule has 6 heteroatoms. The zero-order chi connectivity index (χ0) is 11.8. The number of hydrogen-bond acceptors (Lipinski definition) is 5. The largest absolute Gasteiger partial charge is 0.261 e. The molecule has 0 N–H and O–H groups in total. The smallest absolute Gasteiger partial charge is 0.161 e. The number of nitrogens with zero attached hydrogens (tertiary/aromatic N) is 5. The minimum absolute atomic E-state index is 0.448. The Labute approximate surface area is 106 Å². The van der Waals surface area contributed by atoms with Gasteiger partial charge in [0.25, 0.3) is 0 Å². The van der Waals surface area contributed by atoms with Crippen LogP contribution >= 0.6 is 15.9 Å². The molecule has 0 radical (unpaired) electrons. The quantitative estimate of drug-likeness (QED) is 0.690. The van der Waals surface area contributed by atoms with E-state index >= 15 is 0 Å². The third kappa shape index (κ3) is 1.47. The molecule has 0 aromatic heterocycles. The van der Waals surface area contributed by atoms with Gasteiger partial charge in [0.05, 0.1) is 11.5 Å². The molecule has 0 unspecified atom stereocenters. The second kappa shape index (κ2) is 3.79. The van der Waals surface area contributed by atoms with Crippen LogP contribution in [0, 0.1) is 11.3 Å². The van der Waals surface area contributed by atoms with Crippen LogP contribution in [0.3, 0.4) is 0 Å². The van der Waals surface area contributed by atoms with Crippen LogP contribution in [0.15, 0.2) is 50.8 Å². The molecule has 0 aromatic carbocycles. The Balaban J connectivity index is 2.22. The first-order chi connectivity index (χ1) is 8.33. The topological polar surface area (TPSA) is 64.1 Å². The molecule has 3 heterocycles. The number of hydrogen-bond donors (Lipinski definition) is 0. The van der Waals surface area contributed by atoms with E-state index in [1.54, 1.807) is 4.90 Å². The number of amidine groups is 3. The summed E-state index contributed by atoms with van der Waals surface area (Å²) in [6.45, 7) is 0. The summed E-state index contributed by atoms with van der Waals surface area (Å²) in [6.07, 6.45) is 7.15. The van der Waals surface area contributed by atoms with E-state index < -0.39 is 0 Å². The first kappa shape index (κ1) is 10.2. The number of rotatable bonds is 1. The second-order valence-electron chi connectivity index (χ2n) is 3.46. The lowest BCUT2D eigenvalue weighted by Gasteiger charge is -2.31. The molecular weight excluding hydrogens is 282 g/mol. The van der Waals surface area contributed by atoms with Crippen molar-refractivity contribution in [3.8, 4) is 6.07 Å². The molecule has 3 aliphatic heterocycles. The average Bonchev–Trinajstić information content (AvgIpc) is 2.39. The molecule has 5 nitrogen and oxygen atoms in total. The molecule has 0 saturated carbocycles. The predicted octanol–water partition coefficient (Wildman–Crippen LogP) is 1.72. The minimum atomic E-state index is 0.448. The Hall–Kier alpha value is -2.00. The molecule has 0 bridgehead atoms. The Morgan fingerprint density at radius 1 is 1.41 bits per heavy atom. The van der Waals surface area contributed by atoms with Crippen LogP contribution in [0.25, 0.3) is 0 Å². The third-order valence-electron chi connectivity index (χ3n) is 2.45. The SMILES string of the molecule is N#CC1=CN=C2C=CC=C3N=C(CBr)N=C1N32. The highest BCUT2D eigenvalue weighted by atomic mass is 79.9. The van der Waals surface area contributed by atoms with Crippen LogP contribution in [0.1, 0.15) is 0 Å². The van der Waals surface area contributed by atoms with Crippen LogP contribution in [0.5, 0.6) is 0 Å². The molecule has 17 heavy (non-hydrogen) atoms. The maximum absolute atomic E-state index is 9.07. The molecule has 0 atom stereocenters. The summed E-state index contributed by atoms with van der Waals surface area (Å²) in [5.74, 6) is 2.72. The standard InChI is InChI=1S/C11H6BrN5/c12-4-8-15-10-3-1-2-9-14-6-7(5-13)11(16-8)17(9)10/h1-3,6H,4H2. The van der Waals surface area contributed by atoms with Gasteiger partial charge in [-0.05, 0) is 12.2 Å². The van der Waals surface area contributed by atoms with Crippen LogP contribution < -0.4 is 0 Å². The summed E-state index contributed by atoms with van der Waals surface area (Å²) < 4.78 is 0. The van der Waals surface area contributed by atoms with E-state index in [2.05, 4.69) is 37.0 Å². The predicted molar refractivity (Wildman–Crippen MR) is 68.9 cm³/mol. The molecule has 0 spiro atoms. The van der Waals surface area contributed by atoms with E-state index in [1.807, 2.05) is 18.2 Å². The van der Waals surface area contributed by atoms with E-state index in [0.717, 1.165) is 11.7 Å². The maximum Gasteiger partial charge on any atom is 0.161 e. The molecular formula is C11H6BrN5. The summed E-state index contributed by atoms with van der Waals surface area (Å²) in [6, 6.07) is 2.10. The minimum Gasteiger partial charge on any atom is -0.261 e. The van der Waals surface area contributed by atoms with Gasteiger partial charge in [-0.2, -0.15) is 5.26 Å². The van der Waals surface area contributed by atoms with Gasteiger partial charge in [0.15, 0.2) is 5.84 Å². The van der Waals surface area contributed by atoms with Crippen LogP contribution in [0.2, 0.25) is 0 Å². The summed E-state index contributed by atoms with van der Waals surface area (Å²) in [5, 5.41) is 9.62. The van der Waals surface area contributed by atoms with E-state index in [0.29, 0.717) is 22.6 Å². The van der Waals surface area contributed by atoms with Crippen molar-refractivity contribution in [2.45, 2.75) is 0 Å². The first-order valence-electron chi connectivity index (χ1n) is 4.92. The lowest BCUT2D eigenvalue weighted by molar-refractivity contribution is 0.719. The van der Waals surface area contributed by atoms with Crippen molar-refractivity contribution in [2.75, 3.05) is 5.33 Å². The highest BCUT2D eigenvalue weighted by Crippen LogP contribution is 2.25. The van der Waals surface area contributed by atoms with E-state index in [4.69, 9.17) is 5.26 Å². The van der Waals surface area contributed by atoms with Crippen LogP contribution in [-0.2, 0) is 0 Å². The van der Waals surface area contributed by atoms with Crippen molar-refractivity contribution in [2.24, 2.45) is 15.0 Å². The molecule has 0 fully saturated rings. The van der Waals surface area contributed by atoms with Gasteiger partial charge in [-0.15, -0.1) is 0 Å². The second-order valence-corrected chi connectivity index (χ2v) is 4.02. The van der Waals surface area contributed by atoms with E-state index in [1.165, 1.54) is 6.20 Å². The Bertz CT molecular complexity index is 612. The molecule has 3 aliphatic rings. The van der Waals surface area contributed by atoms with Crippen molar-refractivity contribution in [3.05, 3.63) is 35.8 Å². The van der Waals surface area contributed by atoms with Gasteiger partial charge < -0.3 is 0 Å². The van der Waals surface area contributed by atoms with Gasteiger partial charge in [0, 0.05) is 0 Å². The summed E-state index contributed by atoms with van der Waals surface area (Å²) >= 11 is 3.32. The lowest BCUT2D eigenvalue weighted by Crippen LogP contribution is -2.41. The zero-order valence-corrected chi connectivity index (χ0v) is 10.2. The van der Waals surface area contributed by atoms with Crippen LogP contribution in [0.4, 0.5) is 0 Å². The molecule has 82 valence electrons. The fourth-order valence-electron chi connectivity index (χ4n) is 1.73. The lowest BCUT2D eigenvalue weighted by atomic mass is 10.1. The maximum atomic E-state index is 9.07. The zero-order valence-electron chi connectivity index (χ0n) is 8.63. The highest BCUT2D eigenvalue weighted by Gasteiger charge is 2.30. The molecule has 0 aromatic rings. The molecule has 0 amide bonds. The van der Waals surface area contributed by atoms with Gasteiger partial charge in [-0.3, -0.25) is 4.90 Å². The van der Waals surface area contributed by atoms with Crippen molar-refractivity contribution < 1.29 is 0 Å². The van der Waals surface area contributed by atoms with Gasteiger partial charge in [-0.25, -0.2) is 15.0 Å². The van der Waals surface area contributed by atoms with Gasteiger partial charge in [-0.1, -0.05) is 22.0 Å². The normalized spacial score (nSPS) is 20.5. The van der Waals surface area contributed by atoms with Crippen molar-refractivity contribution in [1.29, 1.82) is 5.26 Å². The van der Waals surface area contributed by atoms with Crippen molar-refractivity contribution in [1.82, 2.24) is 4.90 Å². The van der Waals surface area contributed by atoms with Crippen LogP contribution in [-0.4, -0.2) is 27.7 Å². The molecule has 0 aliphatic carbocycles. The Morgan fingerprint density at radius 3 is 3.06 bits per heavy atom. The molecule has 0 saturated heterocycles. The monoisotopic (exact) mass is 287 g/mol. The van der Waals surface area contributed by atoms with Gasteiger partial charge in [0.2, 0.25) is 0 Å². The number of allylic oxidation sites excluding steroid dienone is 2. The Morgan fingerprint density at radius 2 is 2.29 bits per heavy atom. The summed E-state index contributed by atoms with van der Waals surface area (Å²) in [7, 11) is 0. The number of alkyl halides is 1. The van der Waals surface area contributed by atoms with Gasteiger partial charge in [0.1, 0.15) is 29.1 Å².